The molecule has 0 aliphatic rings. The first-order valence-electron chi connectivity index (χ1n) is 5.50. The first-order chi connectivity index (χ1) is 10.1. The molecule has 0 aliphatic carbocycles. The molecular weight excluding hydrogens is 461 g/mol. The highest BCUT2D eigenvalue weighted by Gasteiger charge is 2.38. The number of benzene rings is 1. The molecule has 2 rings (SSSR count). The molecule has 0 radical (unpaired) electrons. The van der Waals surface area contributed by atoms with Crippen LogP contribution in [0.15, 0.2) is 33.9 Å². The molecule has 1 aromatic heterocycles. The third-order valence-electron chi connectivity index (χ3n) is 2.74. The van der Waals surface area contributed by atoms with Crippen LogP contribution in [-0.2, 0) is 7.49 Å². The SMILES string of the molecule is N#Cc1cn(-c2c(Cl)cc(Br)cc2Cl)cc1S(=O)(Cl)(Cl)CF. The van der Waals surface area contributed by atoms with E-state index in [4.69, 9.17) is 49.8 Å². The zero-order valence-corrected chi connectivity index (χ0v) is 15.9. The van der Waals surface area contributed by atoms with Gasteiger partial charge in [-0.3, -0.25) is 0 Å². The third-order valence-corrected chi connectivity index (χ3v) is 6.78. The second-order valence-corrected chi connectivity index (χ2v) is 12.9. The number of nitriles is 1. The van der Waals surface area contributed by atoms with Crippen molar-refractivity contribution < 1.29 is 8.60 Å². The molecule has 0 bridgehead atoms. The Hall–Kier alpha value is -0.290. The lowest BCUT2D eigenvalue weighted by molar-refractivity contribution is 0.575. The van der Waals surface area contributed by atoms with Crippen LogP contribution in [0.4, 0.5) is 4.39 Å². The molecule has 0 saturated carbocycles. The van der Waals surface area contributed by atoms with E-state index in [0.29, 0.717) is 10.2 Å². The summed E-state index contributed by atoms with van der Waals surface area (Å²) in [6.45, 7) is 0. The largest absolute Gasteiger partial charge is 0.319 e. The van der Waals surface area contributed by atoms with Crippen molar-refractivity contribution in [3.05, 3.63) is 44.6 Å². The van der Waals surface area contributed by atoms with Gasteiger partial charge in [-0.05, 0) is 33.5 Å². The van der Waals surface area contributed by atoms with Crippen LogP contribution in [-0.4, -0.2) is 14.8 Å². The van der Waals surface area contributed by atoms with Gasteiger partial charge >= 0.3 is 0 Å². The molecule has 0 aliphatic heterocycles. The highest BCUT2D eigenvalue weighted by Crippen LogP contribution is 2.47. The van der Waals surface area contributed by atoms with E-state index in [1.54, 1.807) is 18.2 Å². The van der Waals surface area contributed by atoms with Crippen molar-refractivity contribution >= 4 is 68.0 Å². The zero-order chi connectivity index (χ0) is 16.7. The fraction of sp³-hybridized carbons (Fsp3) is 0.0833. The molecule has 0 unspecified atom stereocenters. The maximum absolute atomic E-state index is 13.1. The standard InChI is InChI=1S/C12H6BrCl4FN2OS/c13-8-1-9(14)12(10(15)2-8)20-4-7(3-19)11(5-20)22(16,17,21)6-18/h1-2,4-5H,6H2. The Balaban J connectivity index is 2.75. The lowest BCUT2D eigenvalue weighted by atomic mass is 10.3. The van der Waals surface area contributed by atoms with Crippen molar-refractivity contribution in [2.24, 2.45) is 0 Å². The summed E-state index contributed by atoms with van der Waals surface area (Å²) in [5, 5.41) is 9.66. The van der Waals surface area contributed by atoms with Gasteiger partial charge in [0.2, 0.25) is 0 Å². The summed E-state index contributed by atoms with van der Waals surface area (Å²) in [5.74, 6) is 0. The van der Waals surface area contributed by atoms with Gasteiger partial charge in [-0.15, -0.1) is 0 Å². The molecular formula is C12H6BrCl4FN2OS. The molecule has 0 spiro atoms. The predicted octanol–water partition coefficient (Wildman–Crippen LogP) is 5.83. The van der Waals surface area contributed by atoms with Crippen molar-refractivity contribution in [2.45, 2.75) is 4.90 Å². The number of hydrogen-bond acceptors (Lipinski definition) is 2. The van der Waals surface area contributed by atoms with Crippen LogP contribution in [0.5, 0.6) is 0 Å². The van der Waals surface area contributed by atoms with Crippen LogP contribution in [0.1, 0.15) is 5.56 Å². The lowest BCUT2D eigenvalue weighted by Gasteiger charge is -2.23. The van der Waals surface area contributed by atoms with E-state index < -0.39 is 13.5 Å². The molecule has 10 heteroatoms. The van der Waals surface area contributed by atoms with Gasteiger partial charge < -0.3 is 4.57 Å². The van der Waals surface area contributed by atoms with Crippen LogP contribution in [0.3, 0.4) is 0 Å². The third kappa shape index (κ3) is 3.30. The first-order valence-corrected chi connectivity index (χ1v) is 10.8. The Labute approximate surface area is 153 Å². The number of halogens is 6. The smallest absolute Gasteiger partial charge is 0.173 e. The van der Waals surface area contributed by atoms with Gasteiger partial charge in [0, 0.05) is 16.9 Å². The molecule has 0 amide bonds. The minimum Gasteiger partial charge on any atom is -0.319 e. The molecule has 118 valence electrons. The summed E-state index contributed by atoms with van der Waals surface area (Å²) < 4.78 is 27.4. The summed E-state index contributed by atoms with van der Waals surface area (Å²) >= 11 is 15.5. The monoisotopic (exact) mass is 464 g/mol. The van der Waals surface area contributed by atoms with Gasteiger partial charge in [0.15, 0.2) is 6.01 Å². The van der Waals surface area contributed by atoms with Gasteiger partial charge in [0.1, 0.15) is 6.07 Å². The number of aromatic nitrogens is 1. The number of hydrogen-bond donors (Lipinski definition) is 0. The maximum Gasteiger partial charge on any atom is 0.173 e. The Morgan fingerprint density at radius 1 is 1.27 bits per heavy atom. The number of nitrogens with zero attached hydrogens (tertiary/aromatic N) is 2. The highest BCUT2D eigenvalue weighted by atomic mass is 79.9. The fourth-order valence-electron chi connectivity index (χ4n) is 1.79. The van der Waals surface area contributed by atoms with Gasteiger partial charge in [-0.1, -0.05) is 39.1 Å². The highest BCUT2D eigenvalue weighted by molar-refractivity contribution is 9.10. The van der Waals surface area contributed by atoms with E-state index in [1.165, 1.54) is 17.0 Å². The minimum absolute atomic E-state index is 0.130. The molecule has 22 heavy (non-hydrogen) atoms. The molecule has 2 aromatic rings. The Kier molecular flexibility index (Phi) is 4.90. The van der Waals surface area contributed by atoms with Gasteiger partial charge in [0.05, 0.1) is 33.7 Å². The molecule has 0 saturated heterocycles. The van der Waals surface area contributed by atoms with Crippen molar-refractivity contribution in [1.29, 1.82) is 5.26 Å². The number of alkyl halides is 1. The Morgan fingerprint density at radius 2 is 1.82 bits per heavy atom. The first kappa shape index (κ1) is 18.1. The molecule has 1 aromatic carbocycles. The van der Waals surface area contributed by atoms with Crippen molar-refractivity contribution in [2.75, 3.05) is 6.01 Å². The minimum atomic E-state index is -4.80. The molecule has 3 nitrogen and oxygen atoms in total. The second kappa shape index (κ2) is 5.97. The van der Waals surface area contributed by atoms with Gasteiger partial charge in [-0.2, -0.15) is 5.26 Å². The van der Waals surface area contributed by atoms with E-state index in [0.717, 1.165) is 0 Å². The van der Waals surface area contributed by atoms with Crippen LogP contribution >= 0.6 is 60.5 Å². The lowest BCUT2D eigenvalue weighted by Crippen LogP contribution is -2.19. The molecule has 1 heterocycles. The summed E-state index contributed by atoms with van der Waals surface area (Å²) in [6.07, 6.45) is 2.47. The quantitative estimate of drug-likeness (QED) is 0.534. The van der Waals surface area contributed by atoms with E-state index in [-0.39, 0.29) is 20.5 Å². The summed E-state index contributed by atoms with van der Waals surface area (Å²) in [7, 11) is 6.60. The maximum atomic E-state index is 13.1. The van der Waals surface area contributed by atoms with E-state index >= 15 is 0 Å². The Bertz CT molecular complexity index is 847. The summed E-state index contributed by atoms with van der Waals surface area (Å²) in [4.78, 5) is -0.305. The van der Waals surface area contributed by atoms with Crippen LogP contribution in [0.2, 0.25) is 10.0 Å². The van der Waals surface area contributed by atoms with Crippen molar-refractivity contribution in [1.82, 2.24) is 4.57 Å². The average Bonchev–Trinajstić information content (AvgIpc) is 2.82. The molecule has 0 atom stereocenters. The van der Waals surface area contributed by atoms with E-state index in [9.17, 15) is 8.60 Å². The molecule has 0 N–H and O–H groups in total. The topological polar surface area (TPSA) is 45.8 Å². The van der Waals surface area contributed by atoms with E-state index in [1.807, 2.05) is 0 Å². The Morgan fingerprint density at radius 3 is 2.27 bits per heavy atom. The van der Waals surface area contributed by atoms with Crippen LogP contribution < -0.4 is 0 Å². The van der Waals surface area contributed by atoms with Crippen LogP contribution in [0.25, 0.3) is 5.69 Å². The number of rotatable bonds is 3. The predicted molar refractivity (Wildman–Crippen MR) is 92.3 cm³/mol. The van der Waals surface area contributed by atoms with Gasteiger partial charge in [0.25, 0.3) is 0 Å². The average molecular weight is 467 g/mol. The summed E-state index contributed by atoms with van der Waals surface area (Å²) in [5.41, 5.74) is 0.194. The van der Waals surface area contributed by atoms with Gasteiger partial charge in [-0.25, -0.2) is 8.60 Å². The second-order valence-electron chi connectivity index (χ2n) is 4.28. The van der Waals surface area contributed by atoms with E-state index in [2.05, 4.69) is 15.9 Å². The molecule has 0 fully saturated rings. The summed E-state index contributed by atoms with van der Waals surface area (Å²) in [6, 6.07) is 3.43. The van der Waals surface area contributed by atoms with Crippen molar-refractivity contribution in [3.8, 4) is 11.8 Å². The normalized spacial score (nSPS) is 13.4. The van der Waals surface area contributed by atoms with Crippen LogP contribution in [0, 0.1) is 11.3 Å². The zero-order valence-electron chi connectivity index (χ0n) is 10.5. The fourth-order valence-corrected chi connectivity index (χ4v) is 4.87. The van der Waals surface area contributed by atoms with Crippen molar-refractivity contribution in [3.63, 3.8) is 0 Å².